The van der Waals surface area contributed by atoms with Crippen molar-refractivity contribution in [3.05, 3.63) is 57.8 Å². The molecule has 2 aromatic carbocycles. The maximum absolute atomic E-state index is 5.96. The number of alkyl halides is 1. The zero-order chi connectivity index (χ0) is 15.0. The molecule has 3 rings (SSSR count). The zero-order valence-electron chi connectivity index (χ0n) is 12.0. The van der Waals surface area contributed by atoms with Crippen LogP contribution in [0.3, 0.4) is 0 Å². The Morgan fingerprint density at radius 1 is 1.14 bits per heavy atom. The fourth-order valence-corrected chi connectivity index (χ4v) is 3.10. The van der Waals surface area contributed by atoms with Crippen molar-refractivity contribution in [1.29, 1.82) is 0 Å². The second kappa shape index (κ2) is 5.82. The van der Waals surface area contributed by atoms with Crippen molar-refractivity contribution in [2.45, 2.75) is 20.3 Å². The van der Waals surface area contributed by atoms with E-state index in [2.05, 4.69) is 58.6 Å². The van der Waals surface area contributed by atoms with Gasteiger partial charge in [-0.1, -0.05) is 28.1 Å². The molecule has 0 saturated carbocycles. The fourth-order valence-electron chi connectivity index (χ4n) is 2.58. The van der Waals surface area contributed by atoms with Crippen molar-refractivity contribution in [2.75, 3.05) is 5.88 Å². The normalized spacial score (nSPS) is 11.2. The van der Waals surface area contributed by atoms with Crippen LogP contribution in [-0.2, 0) is 6.42 Å². The van der Waals surface area contributed by atoms with E-state index in [9.17, 15) is 0 Å². The lowest BCUT2D eigenvalue weighted by Crippen LogP contribution is -2.04. The highest BCUT2D eigenvalue weighted by molar-refractivity contribution is 9.10. The maximum Gasteiger partial charge on any atom is 0.115 e. The van der Waals surface area contributed by atoms with Gasteiger partial charge in [0.1, 0.15) is 5.82 Å². The van der Waals surface area contributed by atoms with Crippen LogP contribution in [0.2, 0.25) is 0 Å². The fraction of sp³-hybridized carbons (Fsp3) is 0.235. The van der Waals surface area contributed by atoms with E-state index in [1.54, 1.807) is 0 Å². The second-order valence-corrected chi connectivity index (χ2v) is 6.52. The Balaban J connectivity index is 2.35. The van der Waals surface area contributed by atoms with Crippen molar-refractivity contribution >= 4 is 38.6 Å². The summed E-state index contributed by atoms with van der Waals surface area (Å²) in [4.78, 5) is 4.75. The first-order valence-electron chi connectivity index (χ1n) is 6.90. The van der Waals surface area contributed by atoms with Crippen LogP contribution in [0, 0.1) is 13.8 Å². The van der Waals surface area contributed by atoms with Gasteiger partial charge in [0, 0.05) is 16.8 Å². The molecule has 1 heterocycles. The van der Waals surface area contributed by atoms with Gasteiger partial charge in [-0.2, -0.15) is 0 Å². The molecule has 0 aliphatic heterocycles. The quantitative estimate of drug-likeness (QED) is 0.586. The number of fused-ring (bicyclic) bond motifs is 1. The molecule has 0 saturated heterocycles. The molecule has 0 N–H and O–H groups in total. The van der Waals surface area contributed by atoms with Gasteiger partial charge < -0.3 is 0 Å². The Morgan fingerprint density at radius 3 is 2.71 bits per heavy atom. The number of benzene rings is 2. The Bertz CT molecular complexity index is 808. The summed E-state index contributed by atoms with van der Waals surface area (Å²) in [5.41, 5.74) is 5.76. The lowest BCUT2D eigenvalue weighted by Gasteiger charge is -2.13. The van der Waals surface area contributed by atoms with E-state index in [1.165, 1.54) is 16.8 Å². The van der Waals surface area contributed by atoms with Crippen LogP contribution in [-0.4, -0.2) is 15.4 Å². The monoisotopic (exact) mass is 362 g/mol. The van der Waals surface area contributed by atoms with E-state index in [0.29, 0.717) is 5.88 Å². The molecule has 2 nitrogen and oxygen atoms in total. The third kappa shape index (κ3) is 2.72. The topological polar surface area (TPSA) is 17.8 Å². The summed E-state index contributed by atoms with van der Waals surface area (Å²) in [5, 5.41) is 0. The van der Waals surface area contributed by atoms with Crippen LogP contribution in [0.25, 0.3) is 16.7 Å². The molecule has 0 aliphatic carbocycles. The summed E-state index contributed by atoms with van der Waals surface area (Å²) in [5.74, 6) is 1.57. The van der Waals surface area contributed by atoms with Gasteiger partial charge >= 0.3 is 0 Å². The summed E-state index contributed by atoms with van der Waals surface area (Å²) in [6.07, 6.45) is 0.751. The van der Waals surface area contributed by atoms with E-state index in [1.807, 2.05) is 12.1 Å². The number of rotatable bonds is 3. The van der Waals surface area contributed by atoms with Gasteiger partial charge in [0.15, 0.2) is 0 Å². The zero-order valence-corrected chi connectivity index (χ0v) is 14.4. The predicted octanol–water partition coefficient (Wildman–Crippen LogP) is 5.19. The highest BCUT2D eigenvalue weighted by Gasteiger charge is 2.14. The van der Waals surface area contributed by atoms with Crippen LogP contribution in [0.5, 0.6) is 0 Å². The molecule has 0 radical (unpaired) electrons. The Hall–Kier alpha value is -1.32. The molecular formula is C17H16BrClN2. The van der Waals surface area contributed by atoms with E-state index >= 15 is 0 Å². The Labute approximate surface area is 137 Å². The van der Waals surface area contributed by atoms with Crippen molar-refractivity contribution in [1.82, 2.24) is 9.55 Å². The van der Waals surface area contributed by atoms with Crippen LogP contribution in [0.4, 0.5) is 0 Å². The number of nitrogens with zero attached hydrogens (tertiary/aromatic N) is 2. The van der Waals surface area contributed by atoms with Gasteiger partial charge in [-0.3, -0.25) is 4.57 Å². The average Bonchev–Trinajstić information content (AvgIpc) is 2.79. The molecule has 0 fully saturated rings. The summed E-state index contributed by atoms with van der Waals surface area (Å²) >= 11 is 9.52. The SMILES string of the molecule is Cc1ccc(C)c(-n2c(CCCl)nc3ccc(Br)cc32)c1. The van der Waals surface area contributed by atoms with E-state index in [0.717, 1.165) is 27.8 Å². The molecule has 1 aromatic heterocycles. The standard InChI is InChI=1S/C17H16BrClN2/c1-11-3-4-12(2)15(9-11)21-16-10-13(18)5-6-14(16)20-17(21)7-8-19/h3-6,9-10H,7-8H2,1-2H3. The lowest BCUT2D eigenvalue weighted by atomic mass is 10.1. The van der Waals surface area contributed by atoms with E-state index in [-0.39, 0.29) is 0 Å². The largest absolute Gasteiger partial charge is 0.296 e. The van der Waals surface area contributed by atoms with Crippen molar-refractivity contribution in [2.24, 2.45) is 0 Å². The first-order valence-corrected chi connectivity index (χ1v) is 8.23. The minimum Gasteiger partial charge on any atom is -0.296 e. The number of hydrogen-bond acceptors (Lipinski definition) is 1. The number of halogens is 2. The van der Waals surface area contributed by atoms with Crippen LogP contribution in [0.15, 0.2) is 40.9 Å². The third-order valence-electron chi connectivity index (χ3n) is 3.61. The molecule has 0 bridgehead atoms. The smallest absolute Gasteiger partial charge is 0.115 e. The Kier molecular flexibility index (Phi) is 4.05. The summed E-state index contributed by atoms with van der Waals surface area (Å²) in [7, 11) is 0. The van der Waals surface area contributed by atoms with Crippen molar-refractivity contribution in [3.63, 3.8) is 0 Å². The minimum absolute atomic E-state index is 0.565. The van der Waals surface area contributed by atoms with Crippen LogP contribution in [0.1, 0.15) is 17.0 Å². The third-order valence-corrected chi connectivity index (χ3v) is 4.29. The number of hydrogen-bond donors (Lipinski definition) is 0. The first kappa shape index (κ1) is 14.6. The van der Waals surface area contributed by atoms with Gasteiger partial charge in [-0.15, -0.1) is 11.6 Å². The number of aryl methyl sites for hydroxylation is 3. The molecule has 108 valence electrons. The molecule has 21 heavy (non-hydrogen) atoms. The van der Waals surface area contributed by atoms with Crippen molar-refractivity contribution in [3.8, 4) is 5.69 Å². The maximum atomic E-state index is 5.96. The summed E-state index contributed by atoms with van der Waals surface area (Å²) in [6.45, 7) is 4.24. The molecule has 0 spiro atoms. The van der Waals surface area contributed by atoms with Gasteiger partial charge in [0.2, 0.25) is 0 Å². The van der Waals surface area contributed by atoms with E-state index < -0.39 is 0 Å². The molecule has 0 aliphatic rings. The number of aromatic nitrogens is 2. The summed E-state index contributed by atoms with van der Waals surface area (Å²) < 4.78 is 3.28. The second-order valence-electron chi connectivity index (χ2n) is 5.23. The Morgan fingerprint density at radius 2 is 1.95 bits per heavy atom. The van der Waals surface area contributed by atoms with Crippen LogP contribution >= 0.6 is 27.5 Å². The van der Waals surface area contributed by atoms with Gasteiger partial charge in [-0.25, -0.2) is 4.98 Å². The van der Waals surface area contributed by atoms with Gasteiger partial charge in [-0.05, 0) is 49.2 Å². The highest BCUT2D eigenvalue weighted by Crippen LogP contribution is 2.27. The van der Waals surface area contributed by atoms with Gasteiger partial charge in [0.25, 0.3) is 0 Å². The van der Waals surface area contributed by atoms with Crippen LogP contribution < -0.4 is 0 Å². The molecular weight excluding hydrogens is 348 g/mol. The summed E-state index contributed by atoms with van der Waals surface area (Å²) in [6, 6.07) is 12.7. The van der Waals surface area contributed by atoms with Gasteiger partial charge in [0.05, 0.1) is 16.7 Å². The lowest BCUT2D eigenvalue weighted by molar-refractivity contribution is 0.906. The molecule has 3 aromatic rings. The highest BCUT2D eigenvalue weighted by atomic mass is 79.9. The molecule has 0 atom stereocenters. The predicted molar refractivity (Wildman–Crippen MR) is 92.7 cm³/mol. The number of imidazole rings is 1. The minimum atomic E-state index is 0.565. The molecule has 0 amide bonds. The van der Waals surface area contributed by atoms with Crippen molar-refractivity contribution < 1.29 is 0 Å². The molecule has 4 heteroatoms. The van der Waals surface area contributed by atoms with E-state index in [4.69, 9.17) is 16.6 Å². The average molecular weight is 364 g/mol. The first-order chi connectivity index (χ1) is 10.1. The molecule has 0 unspecified atom stereocenters.